The zero-order valence-corrected chi connectivity index (χ0v) is 6.60. The zero-order valence-electron chi connectivity index (χ0n) is 5.78. The Kier molecular flexibility index (Phi) is 1.58. The second-order valence-electron chi connectivity index (χ2n) is 2.24. The molecule has 52 valence electrons. The molecule has 0 aliphatic carbocycles. The van der Waals surface area contributed by atoms with E-state index in [0.29, 0.717) is 5.75 Å². The maximum Gasteiger partial charge on any atom is 0.374 e. The number of fused-ring (bicyclic) bond motifs is 1. The fraction of sp³-hybridized carbons (Fsp3) is 0. The van der Waals surface area contributed by atoms with Crippen molar-refractivity contribution in [2.24, 2.45) is 0 Å². The Hall–Kier alpha value is -0.955. The van der Waals surface area contributed by atoms with Gasteiger partial charge >= 0.3 is 8.05 Å². The van der Waals surface area contributed by atoms with Gasteiger partial charge in [-0.3, -0.25) is 0 Å². The van der Waals surface area contributed by atoms with Crippen LogP contribution in [0.1, 0.15) is 0 Å². The first-order valence-electron chi connectivity index (χ1n) is 3.24. The Morgan fingerprint density at radius 2 is 2.18 bits per heavy atom. The van der Waals surface area contributed by atoms with Crippen LogP contribution in [0, 0.1) is 0 Å². The van der Waals surface area contributed by atoms with E-state index in [4.69, 9.17) is 8.05 Å². The lowest BCUT2D eigenvalue weighted by molar-refractivity contribution is 0.617. The molecule has 0 saturated heterocycles. The van der Waals surface area contributed by atoms with Gasteiger partial charge in [0.1, 0.15) is 0 Å². The maximum atomic E-state index is 5.01. The molecule has 1 nitrogen and oxygen atoms in total. The van der Waals surface area contributed by atoms with Crippen molar-refractivity contribution in [2.45, 2.75) is 0 Å². The summed E-state index contributed by atoms with van der Waals surface area (Å²) in [5.41, 5.74) is 0. The van der Waals surface area contributed by atoms with Gasteiger partial charge in [0.25, 0.3) is 0 Å². The van der Waals surface area contributed by atoms with Crippen LogP contribution in [0.5, 0.6) is 5.75 Å². The highest BCUT2D eigenvalue weighted by Gasteiger charge is 1.95. The molecule has 2 rings (SSSR count). The van der Waals surface area contributed by atoms with Gasteiger partial charge in [0.15, 0.2) is 0 Å². The Labute approximate surface area is 70.1 Å². The molecule has 0 saturated carbocycles. The first-order valence-corrected chi connectivity index (χ1v) is 4.12. The van der Waals surface area contributed by atoms with Gasteiger partial charge in [-0.05, 0) is 35.0 Å². The molecule has 1 aromatic carbocycles. The van der Waals surface area contributed by atoms with Gasteiger partial charge in [-0.25, -0.2) is 0 Å². The first-order chi connectivity index (χ1) is 5.40. The molecule has 3 heteroatoms. The molecule has 0 amide bonds. The van der Waals surface area contributed by atoms with Gasteiger partial charge in [0.05, 0.1) is 5.75 Å². The molecular formula is C8H5BOS. The molecule has 0 atom stereocenters. The third-order valence-electron chi connectivity index (χ3n) is 1.56. The van der Waals surface area contributed by atoms with Crippen LogP contribution in [0.3, 0.4) is 0 Å². The van der Waals surface area contributed by atoms with Crippen molar-refractivity contribution in [2.75, 3.05) is 0 Å². The van der Waals surface area contributed by atoms with Crippen LogP contribution in [-0.4, -0.2) is 8.05 Å². The first kappa shape index (κ1) is 6.74. The smallest absolute Gasteiger partial charge is 0.374 e. The third-order valence-corrected chi connectivity index (χ3v) is 2.44. The Morgan fingerprint density at radius 3 is 3.00 bits per heavy atom. The summed E-state index contributed by atoms with van der Waals surface area (Å²) in [5, 5.41) is 3.28. The number of hydrogen-bond donors (Lipinski definition) is 0. The normalized spacial score (nSPS) is 10.2. The molecule has 0 aliphatic heterocycles. The average molecular weight is 160 g/mol. The van der Waals surface area contributed by atoms with Gasteiger partial charge < -0.3 is 4.65 Å². The molecule has 1 heterocycles. The summed E-state index contributed by atoms with van der Waals surface area (Å²) in [6, 6.07) is 7.85. The van der Waals surface area contributed by atoms with E-state index in [-0.39, 0.29) is 0 Å². The molecular weight excluding hydrogens is 155 g/mol. The van der Waals surface area contributed by atoms with Gasteiger partial charge in [-0.1, -0.05) is 0 Å². The van der Waals surface area contributed by atoms with Crippen LogP contribution in [0.2, 0.25) is 0 Å². The van der Waals surface area contributed by atoms with Gasteiger partial charge in [-0.2, -0.15) is 0 Å². The minimum atomic E-state index is 0.708. The van der Waals surface area contributed by atoms with Crippen molar-refractivity contribution >= 4 is 29.5 Å². The van der Waals surface area contributed by atoms with Gasteiger partial charge in [-0.15, -0.1) is 11.3 Å². The molecule has 0 aliphatic rings. The number of thiophene rings is 1. The lowest BCUT2D eigenvalue weighted by Gasteiger charge is -1.97. The van der Waals surface area contributed by atoms with Crippen LogP contribution in [-0.2, 0) is 0 Å². The molecule has 1 aromatic heterocycles. The molecule has 0 spiro atoms. The summed E-state index contributed by atoms with van der Waals surface area (Å²) < 4.78 is 5.80. The maximum absolute atomic E-state index is 5.01. The highest BCUT2D eigenvalue weighted by molar-refractivity contribution is 7.17. The van der Waals surface area contributed by atoms with E-state index in [1.54, 1.807) is 11.3 Å². The van der Waals surface area contributed by atoms with Crippen LogP contribution >= 0.6 is 11.3 Å². The largest absolute Gasteiger partial charge is 0.568 e. The second kappa shape index (κ2) is 2.59. The lowest BCUT2D eigenvalue weighted by Crippen LogP contribution is -1.82. The summed E-state index contributed by atoms with van der Waals surface area (Å²) in [7, 11) is 5.01. The van der Waals surface area contributed by atoms with E-state index >= 15 is 0 Å². The van der Waals surface area contributed by atoms with E-state index in [1.807, 2.05) is 23.6 Å². The Bertz CT molecular complexity index is 369. The van der Waals surface area contributed by atoms with Crippen molar-refractivity contribution in [3.63, 3.8) is 0 Å². The quantitative estimate of drug-likeness (QED) is 0.581. The highest BCUT2D eigenvalue weighted by atomic mass is 32.1. The van der Waals surface area contributed by atoms with E-state index in [9.17, 15) is 0 Å². The van der Waals surface area contributed by atoms with Crippen LogP contribution < -0.4 is 4.65 Å². The van der Waals surface area contributed by atoms with Gasteiger partial charge in [0.2, 0.25) is 0 Å². The standard InChI is InChI=1S/C8H5BOS/c9-10-7-2-1-6-3-4-11-8(6)5-7/h1-5H. The van der Waals surface area contributed by atoms with Crippen molar-refractivity contribution in [1.82, 2.24) is 0 Å². The molecule has 2 aromatic rings. The second-order valence-corrected chi connectivity index (χ2v) is 3.19. The summed E-state index contributed by atoms with van der Waals surface area (Å²) in [4.78, 5) is 0. The topological polar surface area (TPSA) is 9.23 Å². The predicted octanol–water partition coefficient (Wildman–Crippen LogP) is 2.36. The predicted molar refractivity (Wildman–Crippen MR) is 48.2 cm³/mol. The Balaban J connectivity index is 2.67. The van der Waals surface area contributed by atoms with Crippen molar-refractivity contribution in [3.8, 4) is 5.75 Å². The molecule has 0 unspecified atom stereocenters. The van der Waals surface area contributed by atoms with Crippen LogP contribution in [0.25, 0.3) is 10.1 Å². The average Bonchev–Trinajstić information content (AvgIpc) is 2.50. The highest BCUT2D eigenvalue weighted by Crippen LogP contribution is 2.24. The summed E-state index contributed by atoms with van der Waals surface area (Å²) in [5.74, 6) is 0.708. The molecule has 0 bridgehead atoms. The van der Waals surface area contributed by atoms with E-state index < -0.39 is 0 Å². The van der Waals surface area contributed by atoms with Crippen LogP contribution in [0.4, 0.5) is 0 Å². The molecule has 0 fully saturated rings. The summed E-state index contributed by atoms with van der Waals surface area (Å²) in [6.45, 7) is 0. The fourth-order valence-corrected chi connectivity index (χ4v) is 1.83. The monoisotopic (exact) mass is 160 g/mol. The Morgan fingerprint density at radius 1 is 1.27 bits per heavy atom. The molecule has 11 heavy (non-hydrogen) atoms. The summed E-state index contributed by atoms with van der Waals surface area (Å²) >= 11 is 1.68. The number of rotatable bonds is 1. The lowest BCUT2D eigenvalue weighted by atomic mass is 10.2. The fourth-order valence-electron chi connectivity index (χ4n) is 1.01. The SMILES string of the molecule is [B]Oc1ccc2ccsc2c1. The van der Waals surface area contributed by atoms with Crippen molar-refractivity contribution in [1.29, 1.82) is 0 Å². The van der Waals surface area contributed by atoms with Crippen molar-refractivity contribution in [3.05, 3.63) is 29.6 Å². The minimum Gasteiger partial charge on any atom is -0.568 e. The van der Waals surface area contributed by atoms with E-state index in [0.717, 1.165) is 0 Å². The van der Waals surface area contributed by atoms with Crippen LogP contribution in [0.15, 0.2) is 29.6 Å². The number of hydrogen-bond acceptors (Lipinski definition) is 2. The van der Waals surface area contributed by atoms with E-state index in [2.05, 4.69) is 10.7 Å². The van der Waals surface area contributed by atoms with E-state index in [1.165, 1.54) is 10.1 Å². The minimum absolute atomic E-state index is 0.708. The summed E-state index contributed by atoms with van der Waals surface area (Å²) in [6.07, 6.45) is 0. The third kappa shape index (κ3) is 1.12. The molecule has 2 radical (unpaired) electrons. The van der Waals surface area contributed by atoms with Gasteiger partial charge in [0, 0.05) is 4.70 Å². The molecule has 0 N–H and O–H groups in total. The van der Waals surface area contributed by atoms with Crippen molar-refractivity contribution < 1.29 is 4.65 Å². The number of benzene rings is 1. The zero-order chi connectivity index (χ0) is 7.68.